The molecule has 0 saturated heterocycles. The molecule has 3 N–H and O–H groups in total. The van der Waals surface area contributed by atoms with Crippen molar-refractivity contribution in [2.24, 2.45) is 0 Å². The van der Waals surface area contributed by atoms with Crippen molar-refractivity contribution in [3.63, 3.8) is 0 Å². The van der Waals surface area contributed by atoms with Crippen LogP contribution in [-0.2, 0) is 0 Å². The molecule has 2 rings (SSSR count). The van der Waals surface area contributed by atoms with Crippen molar-refractivity contribution < 1.29 is 14.6 Å². The normalized spacial score (nSPS) is 12.0. The van der Waals surface area contributed by atoms with Crippen molar-refractivity contribution in [1.82, 2.24) is 10.3 Å². The number of carbonyl (C=O) groups excluding carboxylic acids is 1. The first kappa shape index (κ1) is 15.3. The molecule has 1 unspecified atom stereocenters. The van der Waals surface area contributed by atoms with Crippen LogP contribution in [0.3, 0.4) is 0 Å². The molecule has 1 aromatic carbocycles. The van der Waals surface area contributed by atoms with Gasteiger partial charge in [-0.25, -0.2) is 4.98 Å². The summed E-state index contributed by atoms with van der Waals surface area (Å²) in [6.45, 7) is 1.98. The van der Waals surface area contributed by atoms with Gasteiger partial charge in [-0.1, -0.05) is 6.07 Å². The Morgan fingerprint density at radius 3 is 2.90 bits per heavy atom. The lowest BCUT2D eigenvalue weighted by molar-refractivity contribution is 0.102. The Balaban J connectivity index is 2.17. The highest BCUT2D eigenvalue weighted by Crippen LogP contribution is 2.30. The molecule has 21 heavy (non-hydrogen) atoms. The molecule has 1 heterocycles. The maximum absolute atomic E-state index is 12.2. The first-order valence-electron chi connectivity index (χ1n) is 6.36. The van der Waals surface area contributed by atoms with E-state index in [-0.39, 0.29) is 23.1 Å². The van der Waals surface area contributed by atoms with E-state index in [1.165, 1.54) is 24.5 Å². The van der Waals surface area contributed by atoms with Crippen molar-refractivity contribution in [3.8, 4) is 11.5 Å². The molecule has 0 aliphatic carbocycles. The number of carbonyl (C=O) groups is 1. The number of nitrogens with one attached hydrogen (secondary N) is 2. The summed E-state index contributed by atoms with van der Waals surface area (Å²) in [7, 11) is 3.28. The number of rotatable bonds is 5. The number of hydrogen-bond donors (Lipinski definition) is 3. The average Bonchev–Trinajstić information content (AvgIpc) is 2.95. The van der Waals surface area contributed by atoms with Crippen LogP contribution < -0.4 is 15.4 Å². The van der Waals surface area contributed by atoms with E-state index in [0.717, 1.165) is 5.69 Å². The van der Waals surface area contributed by atoms with E-state index >= 15 is 0 Å². The number of aromatic nitrogens is 1. The van der Waals surface area contributed by atoms with Crippen molar-refractivity contribution >= 4 is 22.4 Å². The van der Waals surface area contributed by atoms with Gasteiger partial charge in [0.15, 0.2) is 16.6 Å². The second-order valence-corrected chi connectivity index (χ2v) is 5.26. The molecule has 6 nitrogen and oxygen atoms in total. The van der Waals surface area contributed by atoms with Crippen molar-refractivity contribution in [2.75, 3.05) is 19.5 Å². The molecule has 0 spiro atoms. The molecule has 1 aromatic heterocycles. The van der Waals surface area contributed by atoms with Crippen LogP contribution in [0.4, 0.5) is 5.13 Å². The van der Waals surface area contributed by atoms with Gasteiger partial charge < -0.3 is 15.2 Å². The highest BCUT2D eigenvalue weighted by molar-refractivity contribution is 7.14. The Kier molecular flexibility index (Phi) is 4.77. The zero-order valence-electron chi connectivity index (χ0n) is 12.0. The van der Waals surface area contributed by atoms with Gasteiger partial charge in [-0.3, -0.25) is 10.1 Å². The summed E-state index contributed by atoms with van der Waals surface area (Å²) >= 11 is 1.34. The number of nitrogens with zero attached hydrogens (tertiary/aromatic N) is 1. The Bertz CT molecular complexity index is 642. The number of phenolic OH excluding ortho intramolecular Hbond substituents is 1. The fourth-order valence-electron chi connectivity index (χ4n) is 1.73. The van der Waals surface area contributed by atoms with E-state index in [0.29, 0.717) is 5.13 Å². The molecule has 0 aliphatic heterocycles. The molecule has 112 valence electrons. The lowest BCUT2D eigenvalue weighted by Gasteiger charge is -2.08. The van der Waals surface area contributed by atoms with E-state index in [1.54, 1.807) is 12.1 Å². The lowest BCUT2D eigenvalue weighted by Crippen LogP contribution is -2.14. The molecular formula is C14H17N3O3S. The van der Waals surface area contributed by atoms with Crippen LogP contribution in [0.1, 0.15) is 29.0 Å². The SMILES string of the molecule is CNC(C)c1csc(NC(=O)c2cccc(OC)c2O)n1. The van der Waals surface area contributed by atoms with Crippen LogP contribution in [0.15, 0.2) is 23.6 Å². The summed E-state index contributed by atoms with van der Waals surface area (Å²) in [5.74, 6) is -0.353. The number of methoxy groups -OCH3 is 1. The number of para-hydroxylation sites is 1. The number of phenols is 1. The van der Waals surface area contributed by atoms with Gasteiger partial charge in [0.05, 0.1) is 18.4 Å². The molecule has 0 fully saturated rings. The third kappa shape index (κ3) is 3.32. The second-order valence-electron chi connectivity index (χ2n) is 4.40. The van der Waals surface area contributed by atoms with Crippen LogP contribution in [0.5, 0.6) is 11.5 Å². The van der Waals surface area contributed by atoms with Crippen LogP contribution in [0.25, 0.3) is 0 Å². The molecular weight excluding hydrogens is 290 g/mol. The Morgan fingerprint density at radius 1 is 1.48 bits per heavy atom. The van der Waals surface area contributed by atoms with Gasteiger partial charge >= 0.3 is 0 Å². The van der Waals surface area contributed by atoms with Gasteiger partial charge in [0.1, 0.15) is 0 Å². The second kappa shape index (κ2) is 6.55. The predicted molar refractivity (Wildman–Crippen MR) is 82.2 cm³/mol. The Labute approximate surface area is 126 Å². The van der Waals surface area contributed by atoms with Gasteiger partial charge in [0.2, 0.25) is 0 Å². The molecule has 0 aliphatic rings. The molecule has 0 saturated carbocycles. The van der Waals surface area contributed by atoms with Crippen molar-refractivity contribution in [1.29, 1.82) is 0 Å². The Hall–Kier alpha value is -2.12. The Morgan fingerprint density at radius 2 is 2.24 bits per heavy atom. The number of amides is 1. The van der Waals surface area contributed by atoms with Gasteiger partial charge in [-0.05, 0) is 26.1 Å². The minimum absolute atomic E-state index is 0.108. The number of aromatic hydroxyl groups is 1. The predicted octanol–water partition coefficient (Wildman–Crippen LogP) is 2.39. The summed E-state index contributed by atoms with van der Waals surface area (Å²) in [6, 6.07) is 4.86. The lowest BCUT2D eigenvalue weighted by atomic mass is 10.2. The smallest absolute Gasteiger partial charge is 0.261 e. The molecule has 0 radical (unpaired) electrons. The van der Waals surface area contributed by atoms with Gasteiger partial charge in [0.25, 0.3) is 5.91 Å². The summed E-state index contributed by atoms with van der Waals surface area (Å²) in [5, 5.41) is 18.1. The fourth-order valence-corrected chi connectivity index (χ4v) is 2.52. The van der Waals surface area contributed by atoms with E-state index in [4.69, 9.17) is 4.74 Å². The fraction of sp³-hybridized carbons (Fsp3) is 0.286. The average molecular weight is 307 g/mol. The highest BCUT2D eigenvalue weighted by Gasteiger charge is 2.16. The maximum Gasteiger partial charge on any atom is 0.261 e. The molecule has 1 amide bonds. The number of thiazole rings is 1. The zero-order chi connectivity index (χ0) is 15.4. The van der Waals surface area contributed by atoms with Gasteiger partial charge in [-0.2, -0.15) is 0 Å². The first-order valence-corrected chi connectivity index (χ1v) is 7.24. The van der Waals surface area contributed by atoms with Gasteiger partial charge in [-0.15, -0.1) is 11.3 Å². The highest BCUT2D eigenvalue weighted by atomic mass is 32.1. The molecule has 7 heteroatoms. The summed E-state index contributed by atoms with van der Waals surface area (Å²) in [5.41, 5.74) is 1.00. The van der Waals surface area contributed by atoms with Crippen LogP contribution in [-0.4, -0.2) is 30.2 Å². The van der Waals surface area contributed by atoms with Crippen molar-refractivity contribution in [2.45, 2.75) is 13.0 Å². The van der Waals surface area contributed by atoms with Crippen molar-refractivity contribution in [3.05, 3.63) is 34.8 Å². The topological polar surface area (TPSA) is 83.5 Å². The van der Waals surface area contributed by atoms with E-state index in [2.05, 4.69) is 15.6 Å². The maximum atomic E-state index is 12.2. The van der Waals surface area contributed by atoms with E-state index in [1.807, 2.05) is 19.4 Å². The minimum atomic E-state index is -0.426. The summed E-state index contributed by atoms with van der Waals surface area (Å²) < 4.78 is 4.98. The van der Waals surface area contributed by atoms with Crippen LogP contribution >= 0.6 is 11.3 Å². The third-order valence-electron chi connectivity index (χ3n) is 3.08. The first-order chi connectivity index (χ1) is 10.1. The zero-order valence-corrected chi connectivity index (χ0v) is 12.8. The van der Waals surface area contributed by atoms with Crippen LogP contribution in [0.2, 0.25) is 0 Å². The number of ether oxygens (including phenoxy) is 1. The molecule has 0 bridgehead atoms. The summed E-state index contributed by atoms with van der Waals surface area (Å²) in [6.07, 6.45) is 0. The quantitative estimate of drug-likeness (QED) is 0.790. The minimum Gasteiger partial charge on any atom is -0.504 e. The summed E-state index contributed by atoms with van der Waals surface area (Å²) in [4.78, 5) is 16.5. The van der Waals surface area contributed by atoms with E-state index < -0.39 is 5.91 Å². The standard InChI is InChI=1S/C14H17N3O3S/c1-8(15-2)10-7-21-14(16-10)17-13(19)9-5-4-6-11(20-3)12(9)18/h4-8,15,18H,1-3H3,(H,16,17,19). The third-order valence-corrected chi connectivity index (χ3v) is 3.86. The van der Waals surface area contributed by atoms with Gasteiger partial charge in [0, 0.05) is 11.4 Å². The number of benzene rings is 1. The largest absolute Gasteiger partial charge is 0.504 e. The van der Waals surface area contributed by atoms with E-state index in [9.17, 15) is 9.90 Å². The number of anilines is 1. The number of hydrogen-bond acceptors (Lipinski definition) is 6. The molecule has 1 atom stereocenters. The van der Waals surface area contributed by atoms with Crippen LogP contribution in [0, 0.1) is 0 Å². The monoisotopic (exact) mass is 307 g/mol. The molecule has 2 aromatic rings.